The minimum atomic E-state index is -0.923. The van der Waals surface area contributed by atoms with E-state index in [1.165, 1.54) is 0 Å². The third-order valence-corrected chi connectivity index (χ3v) is 3.71. The fourth-order valence-corrected chi connectivity index (χ4v) is 3.09. The molecule has 0 saturated carbocycles. The Morgan fingerprint density at radius 2 is 1.76 bits per heavy atom. The molecule has 0 aliphatic carbocycles. The number of ether oxygens (including phenoxy) is 1. The summed E-state index contributed by atoms with van der Waals surface area (Å²) >= 11 is 0. The quantitative estimate of drug-likeness (QED) is 0.548. The molecule has 1 fully saturated rings. The Bertz CT molecular complexity index is 275. The number of quaternary nitrogens is 1. The fourth-order valence-electron chi connectivity index (χ4n) is 3.09. The molecule has 0 amide bonds. The van der Waals surface area contributed by atoms with Crippen LogP contribution in [-0.2, 0) is 4.74 Å². The molecule has 0 radical (unpaired) electrons. The molecule has 2 N–H and O–H groups in total. The van der Waals surface area contributed by atoms with Gasteiger partial charge in [0.1, 0.15) is 11.7 Å². The van der Waals surface area contributed by atoms with E-state index in [4.69, 9.17) is 4.74 Å². The molecule has 4 nitrogen and oxygen atoms in total. The molecule has 0 aromatic heterocycles. The van der Waals surface area contributed by atoms with Gasteiger partial charge in [-0.3, -0.25) is 0 Å². The largest absolute Gasteiger partial charge is 0.384 e. The SMILES string of the molecule is CC1OC(C(C)(C)C)CC(C)(O)C1[N+](C)(C)O. The van der Waals surface area contributed by atoms with Gasteiger partial charge < -0.3 is 9.84 Å². The maximum Gasteiger partial charge on any atom is 0.173 e. The molecule has 0 aromatic carbocycles. The molecule has 102 valence electrons. The molecule has 4 unspecified atom stereocenters. The highest BCUT2D eigenvalue weighted by Crippen LogP contribution is 2.39. The lowest BCUT2D eigenvalue weighted by molar-refractivity contribution is -1.10. The molecule has 0 aromatic rings. The van der Waals surface area contributed by atoms with Crippen LogP contribution in [0.15, 0.2) is 0 Å². The van der Waals surface area contributed by atoms with Crippen molar-refractivity contribution in [1.29, 1.82) is 0 Å². The lowest BCUT2D eigenvalue weighted by Crippen LogP contribution is -2.68. The van der Waals surface area contributed by atoms with E-state index in [9.17, 15) is 10.3 Å². The maximum atomic E-state index is 10.6. The summed E-state index contributed by atoms with van der Waals surface area (Å²) < 4.78 is 5.72. The van der Waals surface area contributed by atoms with E-state index < -0.39 is 5.60 Å². The van der Waals surface area contributed by atoms with Gasteiger partial charge in [-0.1, -0.05) is 20.8 Å². The van der Waals surface area contributed by atoms with Gasteiger partial charge in [0, 0.05) is 6.42 Å². The lowest BCUT2D eigenvalue weighted by atomic mass is 9.75. The summed E-state index contributed by atoms with van der Waals surface area (Å²) in [5.41, 5.74) is -0.927. The van der Waals surface area contributed by atoms with Gasteiger partial charge in [0.2, 0.25) is 0 Å². The summed E-state index contributed by atoms with van der Waals surface area (Å²) in [4.78, 5) is 0. The number of hydroxylamine groups is 3. The average Bonchev–Trinajstić information content (AvgIpc) is 1.94. The van der Waals surface area contributed by atoms with Gasteiger partial charge >= 0.3 is 0 Å². The van der Waals surface area contributed by atoms with Crippen molar-refractivity contribution in [3.63, 3.8) is 0 Å². The first kappa shape index (κ1) is 14.9. The van der Waals surface area contributed by atoms with Gasteiger partial charge in [-0.05, 0) is 19.3 Å². The molecule has 4 atom stereocenters. The smallest absolute Gasteiger partial charge is 0.173 e. The van der Waals surface area contributed by atoms with E-state index in [1.807, 2.05) is 6.92 Å². The predicted octanol–water partition coefficient (Wildman–Crippen LogP) is 1.80. The zero-order valence-electron chi connectivity index (χ0n) is 12.2. The van der Waals surface area contributed by atoms with Crippen molar-refractivity contribution in [3.8, 4) is 0 Å². The van der Waals surface area contributed by atoms with E-state index in [-0.39, 0.29) is 28.3 Å². The number of likely N-dealkylation sites (N-methyl/N-ethyl adjacent to an activating group) is 1. The normalized spacial score (nSPS) is 40.4. The van der Waals surface area contributed by atoms with Crippen molar-refractivity contribution in [3.05, 3.63) is 0 Å². The zero-order valence-corrected chi connectivity index (χ0v) is 12.2. The van der Waals surface area contributed by atoms with Crippen molar-refractivity contribution in [2.24, 2.45) is 5.41 Å². The van der Waals surface area contributed by atoms with Gasteiger partial charge in [-0.25, -0.2) is 5.21 Å². The Kier molecular flexibility index (Phi) is 3.68. The molecular formula is C13H28NO3+. The van der Waals surface area contributed by atoms with Crippen LogP contribution in [0.3, 0.4) is 0 Å². The van der Waals surface area contributed by atoms with Crippen LogP contribution in [0.25, 0.3) is 0 Å². The van der Waals surface area contributed by atoms with Crippen LogP contribution in [0.4, 0.5) is 0 Å². The predicted molar refractivity (Wildman–Crippen MR) is 66.7 cm³/mol. The highest BCUT2D eigenvalue weighted by Gasteiger charge is 2.54. The van der Waals surface area contributed by atoms with Crippen molar-refractivity contribution in [1.82, 2.24) is 0 Å². The third kappa shape index (κ3) is 3.19. The van der Waals surface area contributed by atoms with E-state index in [0.29, 0.717) is 6.42 Å². The topological polar surface area (TPSA) is 49.7 Å². The zero-order chi connectivity index (χ0) is 13.6. The number of hydrogen-bond acceptors (Lipinski definition) is 3. The maximum absolute atomic E-state index is 10.6. The summed E-state index contributed by atoms with van der Waals surface area (Å²) in [7, 11) is 3.35. The summed E-state index contributed by atoms with van der Waals surface area (Å²) in [6.45, 7) is 10.1. The average molecular weight is 246 g/mol. The monoisotopic (exact) mass is 246 g/mol. The molecule has 1 rings (SSSR count). The minimum absolute atomic E-state index is 0.00415. The van der Waals surface area contributed by atoms with Crippen molar-refractivity contribution < 1.29 is 19.7 Å². The van der Waals surface area contributed by atoms with Gasteiger partial charge in [0.05, 0.1) is 20.2 Å². The Hall–Kier alpha value is -0.160. The summed E-state index contributed by atoms with van der Waals surface area (Å²) in [5.74, 6) is 0. The number of rotatable bonds is 1. The van der Waals surface area contributed by atoms with E-state index in [0.717, 1.165) is 0 Å². The summed E-state index contributed by atoms with van der Waals surface area (Å²) in [6, 6.07) is -0.332. The van der Waals surface area contributed by atoms with Crippen LogP contribution in [0.2, 0.25) is 0 Å². The first-order valence-electron chi connectivity index (χ1n) is 6.30. The highest BCUT2D eigenvalue weighted by atomic mass is 16.6. The Balaban J connectivity index is 2.97. The van der Waals surface area contributed by atoms with Crippen molar-refractivity contribution >= 4 is 0 Å². The Labute approximate surface area is 105 Å². The summed E-state index contributed by atoms with van der Waals surface area (Å²) in [6.07, 6.45) is 0.381. The van der Waals surface area contributed by atoms with Crippen LogP contribution in [0.1, 0.15) is 41.0 Å². The van der Waals surface area contributed by atoms with Crippen LogP contribution >= 0.6 is 0 Å². The fraction of sp³-hybridized carbons (Fsp3) is 1.00. The molecule has 17 heavy (non-hydrogen) atoms. The van der Waals surface area contributed by atoms with Crippen LogP contribution in [-0.4, -0.2) is 52.9 Å². The second kappa shape index (κ2) is 4.19. The van der Waals surface area contributed by atoms with Gasteiger partial charge in [-0.15, -0.1) is 0 Å². The Morgan fingerprint density at radius 3 is 2.06 bits per heavy atom. The Morgan fingerprint density at radius 1 is 1.29 bits per heavy atom. The molecule has 1 saturated heterocycles. The number of aliphatic hydroxyl groups is 1. The van der Waals surface area contributed by atoms with Crippen LogP contribution < -0.4 is 0 Å². The molecule has 1 aliphatic rings. The van der Waals surface area contributed by atoms with Gasteiger partial charge in [0.25, 0.3) is 0 Å². The van der Waals surface area contributed by atoms with Crippen molar-refractivity contribution in [2.75, 3.05) is 14.1 Å². The van der Waals surface area contributed by atoms with Crippen LogP contribution in [0.5, 0.6) is 0 Å². The first-order valence-corrected chi connectivity index (χ1v) is 6.30. The lowest BCUT2D eigenvalue weighted by Gasteiger charge is -2.50. The summed E-state index contributed by atoms with van der Waals surface area (Å²) in [5, 5.41) is 20.8. The molecule has 1 aliphatic heterocycles. The highest BCUT2D eigenvalue weighted by molar-refractivity contribution is 4.96. The van der Waals surface area contributed by atoms with Crippen LogP contribution in [0, 0.1) is 5.41 Å². The van der Waals surface area contributed by atoms with Gasteiger partial charge in [-0.2, -0.15) is 4.65 Å². The van der Waals surface area contributed by atoms with E-state index in [2.05, 4.69) is 20.8 Å². The second-order valence-electron chi connectivity index (χ2n) is 7.18. The molecule has 4 heteroatoms. The third-order valence-electron chi connectivity index (χ3n) is 3.71. The number of nitrogens with zero attached hydrogens (tertiary/aromatic N) is 1. The van der Waals surface area contributed by atoms with E-state index >= 15 is 0 Å². The second-order valence-corrected chi connectivity index (χ2v) is 7.18. The first-order chi connectivity index (χ1) is 7.36. The molecule has 0 spiro atoms. The molecule has 1 heterocycles. The van der Waals surface area contributed by atoms with E-state index in [1.54, 1.807) is 21.0 Å². The standard InChI is InChI=1S/C13H28NO3/c1-9-11(14(6,7)16)13(5,15)8-10(17-9)12(2,3)4/h9-11,15-16H,8H2,1-7H3/q+1. The number of hydrogen-bond donors (Lipinski definition) is 2. The van der Waals surface area contributed by atoms with Crippen molar-refractivity contribution in [2.45, 2.75) is 64.9 Å². The molecule has 0 bridgehead atoms. The molecular weight excluding hydrogens is 218 g/mol. The van der Waals surface area contributed by atoms with Gasteiger partial charge in [0.15, 0.2) is 6.04 Å². The minimum Gasteiger partial charge on any atom is -0.384 e.